The summed E-state index contributed by atoms with van der Waals surface area (Å²) in [5.74, 6) is 0.0759. The summed E-state index contributed by atoms with van der Waals surface area (Å²) < 4.78 is 0. The van der Waals surface area contributed by atoms with Crippen LogP contribution in [0.2, 0.25) is 0 Å². The van der Waals surface area contributed by atoms with Gasteiger partial charge in [-0.1, -0.05) is 69.3 Å². The van der Waals surface area contributed by atoms with Crippen molar-refractivity contribution >= 4 is 5.78 Å². The number of carbonyl (C=O) groups excluding carboxylic acids is 1. The summed E-state index contributed by atoms with van der Waals surface area (Å²) >= 11 is 0. The highest BCUT2D eigenvalue weighted by Gasteiger charge is 2.44. The first-order valence-electron chi connectivity index (χ1n) is 8.78. The van der Waals surface area contributed by atoms with Crippen molar-refractivity contribution in [3.63, 3.8) is 0 Å². The smallest absolute Gasteiger partial charge is 0.145 e. The molecule has 0 aromatic heterocycles. The molecule has 0 saturated heterocycles. The maximum Gasteiger partial charge on any atom is 0.145 e. The van der Waals surface area contributed by atoms with Gasteiger partial charge in [-0.25, -0.2) is 0 Å². The molecular weight excluding hydrogens is 296 g/mol. The van der Waals surface area contributed by atoms with Gasteiger partial charge in [0.25, 0.3) is 0 Å². The Kier molecular flexibility index (Phi) is 4.60. The molecule has 2 aromatic carbocycles. The number of aliphatic hydroxyl groups is 1. The van der Waals surface area contributed by atoms with E-state index in [1.54, 1.807) is 0 Å². The highest BCUT2D eigenvalue weighted by Crippen LogP contribution is 2.50. The van der Waals surface area contributed by atoms with Crippen molar-refractivity contribution in [2.24, 2.45) is 5.41 Å². The molecule has 126 valence electrons. The standard InChI is InChI=1S/C22H26O2/c1-4-15-9-5-7-11-17(15)20-19(24)13-16-10-6-8-12-18(16)21(20)22(2,3)14-23/h5-12,20-21,23H,4,13-14H2,1-3H3. The molecule has 0 amide bonds. The molecule has 1 aliphatic carbocycles. The fourth-order valence-electron chi connectivity index (χ4n) is 4.14. The summed E-state index contributed by atoms with van der Waals surface area (Å²) in [5.41, 5.74) is 4.32. The molecule has 0 bridgehead atoms. The average Bonchev–Trinajstić information content (AvgIpc) is 2.60. The molecule has 0 spiro atoms. The summed E-state index contributed by atoms with van der Waals surface area (Å²) in [6.45, 7) is 6.32. The number of hydrogen-bond acceptors (Lipinski definition) is 2. The summed E-state index contributed by atoms with van der Waals surface area (Å²) in [5, 5.41) is 10.0. The SMILES string of the molecule is CCc1ccccc1C1C(=O)Cc2ccccc2C1C(C)(C)CO. The molecule has 0 aliphatic heterocycles. The van der Waals surface area contributed by atoms with Gasteiger partial charge in [0.15, 0.2) is 0 Å². The zero-order chi connectivity index (χ0) is 17.3. The number of ketones is 1. The fourth-order valence-corrected chi connectivity index (χ4v) is 4.14. The molecule has 2 nitrogen and oxygen atoms in total. The first-order chi connectivity index (χ1) is 11.5. The Labute approximate surface area is 144 Å². The van der Waals surface area contributed by atoms with Crippen molar-refractivity contribution in [3.05, 3.63) is 70.8 Å². The minimum absolute atomic E-state index is 0.00681. The van der Waals surface area contributed by atoms with Gasteiger partial charge in [-0.3, -0.25) is 4.79 Å². The number of aliphatic hydroxyl groups excluding tert-OH is 1. The number of fused-ring (bicyclic) bond motifs is 1. The number of rotatable bonds is 4. The van der Waals surface area contributed by atoms with Crippen LogP contribution in [0, 0.1) is 5.41 Å². The lowest BCUT2D eigenvalue weighted by molar-refractivity contribution is -0.122. The maximum atomic E-state index is 13.1. The van der Waals surface area contributed by atoms with Crippen LogP contribution in [0.5, 0.6) is 0 Å². The Balaban J connectivity index is 2.22. The lowest BCUT2D eigenvalue weighted by atomic mass is 9.60. The van der Waals surface area contributed by atoms with Gasteiger partial charge in [0, 0.05) is 18.9 Å². The van der Waals surface area contributed by atoms with E-state index in [9.17, 15) is 9.90 Å². The average molecular weight is 322 g/mol. The molecule has 3 rings (SSSR count). The highest BCUT2D eigenvalue weighted by molar-refractivity contribution is 5.91. The van der Waals surface area contributed by atoms with Gasteiger partial charge in [0.1, 0.15) is 5.78 Å². The summed E-state index contributed by atoms with van der Waals surface area (Å²) in [6.07, 6.45) is 1.39. The largest absolute Gasteiger partial charge is 0.396 e. The van der Waals surface area contributed by atoms with Crippen LogP contribution in [0.3, 0.4) is 0 Å². The van der Waals surface area contributed by atoms with Crippen LogP contribution in [-0.2, 0) is 17.6 Å². The Hall–Kier alpha value is -1.93. The number of hydrogen-bond donors (Lipinski definition) is 1. The fraction of sp³-hybridized carbons (Fsp3) is 0.409. The van der Waals surface area contributed by atoms with Crippen LogP contribution >= 0.6 is 0 Å². The molecule has 24 heavy (non-hydrogen) atoms. The number of aryl methyl sites for hydroxylation is 1. The van der Waals surface area contributed by atoms with Gasteiger partial charge in [-0.05, 0) is 34.1 Å². The normalized spacial score (nSPS) is 20.8. The topological polar surface area (TPSA) is 37.3 Å². The van der Waals surface area contributed by atoms with E-state index >= 15 is 0 Å². The van der Waals surface area contributed by atoms with E-state index < -0.39 is 0 Å². The Bertz CT molecular complexity index is 745. The van der Waals surface area contributed by atoms with Gasteiger partial charge in [-0.2, -0.15) is 0 Å². The second-order valence-corrected chi connectivity index (χ2v) is 7.50. The van der Waals surface area contributed by atoms with E-state index in [1.165, 1.54) is 11.1 Å². The number of carbonyl (C=O) groups is 1. The van der Waals surface area contributed by atoms with E-state index in [2.05, 4.69) is 45.0 Å². The van der Waals surface area contributed by atoms with Crippen LogP contribution in [-0.4, -0.2) is 17.5 Å². The summed E-state index contributed by atoms with van der Waals surface area (Å²) in [4.78, 5) is 13.1. The van der Waals surface area contributed by atoms with E-state index in [1.807, 2.05) is 24.3 Å². The van der Waals surface area contributed by atoms with E-state index in [4.69, 9.17) is 0 Å². The second kappa shape index (κ2) is 6.52. The zero-order valence-electron chi connectivity index (χ0n) is 14.8. The molecule has 0 fully saturated rings. The predicted octanol–water partition coefficient (Wildman–Crippen LogP) is 4.26. The summed E-state index contributed by atoms with van der Waals surface area (Å²) in [6, 6.07) is 16.5. The molecule has 2 aromatic rings. The van der Waals surface area contributed by atoms with Crippen LogP contribution < -0.4 is 0 Å². The molecule has 2 heteroatoms. The third-order valence-electron chi connectivity index (χ3n) is 5.46. The van der Waals surface area contributed by atoms with Crippen LogP contribution in [0.15, 0.2) is 48.5 Å². The van der Waals surface area contributed by atoms with Gasteiger partial charge in [0.05, 0.1) is 5.92 Å². The van der Waals surface area contributed by atoms with Crippen LogP contribution in [0.25, 0.3) is 0 Å². The second-order valence-electron chi connectivity index (χ2n) is 7.50. The minimum atomic E-state index is -0.363. The number of benzene rings is 2. The zero-order valence-corrected chi connectivity index (χ0v) is 14.8. The van der Waals surface area contributed by atoms with Crippen LogP contribution in [0.4, 0.5) is 0 Å². The Morgan fingerprint density at radius 2 is 1.67 bits per heavy atom. The van der Waals surface area contributed by atoms with Gasteiger partial charge in [-0.15, -0.1) is 0 Å². The lowest BCUT2D eigenvalue weighted by Gasteiger charge is -2.42. The van der Waals surface area contributed by atoms with Gasteiger partial charge in [0.2, 0.25) is 0 Å². The first kappa shape index (κ1) is 16.9. The Morgan fingerprint density at radius 1 is 1.04 bits per heavy atom. The van der Waals surface area contributed by atoms with Gasteiger partial charge < -0.3 is 5.11 Å². The van der Waals surface area contributed by atoms with Crippen molar-refractivity contribution in [3.8, 4) is 0 Å². The van der Waals surface area contributed by atoms with E-state index in [0.29, 0.717) is 6.42 Å². The molecule has 2 atom stereocenters. The van der Waals surface area contributed by atoms with Crippen molar-refractivity contribution in [2.45, 2.75) is 45.4 Å². The molecular formula is C22H26O2. The number of Topliss-reactive ketones (excluding diaryl/α,β-unsaturated/α-hetero) is 1. The molecule has 0 heterocycles. The summed E-state index contributed by atoms with van der Waals surface area (Å²) in [7, 11) is 0. The van der Waals surface area contributed by atoms with Crippen molar-refractivity contribution in [1.82, 2.24) is 0 Å². The highest BCUT2D eigenvalue weighted by atomic mass is 16.3. The van der Waals surface area contributed by atoms with Crippen LogP contribution in [0.1, 0.15) is 54.9 Å². The molecule has 2 unspecified atom stereocenters. The minimum Gasteiger partial charge on any atom is -0.396 e. The molecule has 1 N–H and O–H groups in total. The van der Waals surface area contributed by atoms with E-state index in [-0.39, 0.29) is 29.6 Å². The third-order valence-corrected chi connectivity index (χ3v) is 5.46. The van der Waals surface area contributed by atoms with Crippen molar-refractivity contribution < 1.29 is 9.90 Å². The van der Waals surface area contributed by atoms with Gasteiger partial charge >= 0.3 is 0 Å². The van der Waals surface area contributed by atoms with E-state index in [0.717, 1.165) is 17.5 Å². The van der Waals surface area contributed by atoms with Crippen molar-refractivity contribution in [2.75, 3.05) is 6.61 Å². The monoisotopic (exact) mass is 322 g/mol. The predicted molar refractivity (Wildman–Crippen MR) is 97.3 cm³/mol. The third kappa shape index (κ3) is 2.80. The van der Waals surface area contributed by atoms with Crippen molar-refractivity contribution in [1.29, 1.82) is 0 Å². The maximum absolute atomic E-state index is 13.1. The lowest BCUT2D eigenvalue weighted by Crippen LogP contribution is -2.39. The quantitative estimate of drug-likeness (QED) is 0.913. The first-order valence-corrected chi connectivity index (χ1v) is 8.78. The molecule has 0 radical (unpaired) electrons. The molecule has 0 saturated carbocycles. The Morgan fingerprint density at radius 3 is 2.33 bits per heavy atom. The molecule has 1 aliphatic rings.